The summed E-state index contributed by atoms with van der Waals surface area (Å²) in [6.45, 7) is 7.54. The topological polar surface area (TPSA) is 167 Å². The number of ether oxygens (including phenoxy) is 2. The third-order valence-corrected chi connectivity index (χ3v) is 9.61. The maximum atomic E-state index is 14.8. The minimum Gasteiger partial charge on any atom is -0.442 e. The fourth-order valence-corrected chi connectivity index (χ4v) is 6.73. The molecule has 4 aliphatic heterocycles. The van der Waals surface area contributed by atoms with E-state index in [1.54, 1.807) is 43.5 Å². The number of carbonyl (C=O) groups is 5. The number of amides is 4. The van der Waals surface area contributed by atoms with Crippen LogP contribution >= 0.6 is 0 Å². The number of halogens is 2. The number of benzene rings is 2. The van der Waals surface area contributed by atoms with Crippen molar-refractivity contribution in [3.05, 3.63) is 83.5 Å². The average Bonchev–Trinajstić information content (AvgIpc) is 3.74. The van der Waals surface area contributed by atoms with Crippen molar-refractivity contribution in [1.29, 1.82) is 0 Å². The lowest BCUT2D eigenvalue weighted by atomic mass is 10.0. The predicted molar refractivity (Wildman–Crippen MR) is 198 cm³/mol. The Kier molecular flexibility index (Phi) is 11.9. The highest BCUT2D eigenvalue weighted by atomic mass is 19.1. The van der Waals surface area contributed by atoms with Crippen molar-refractivity contribution < 1.29 is 42.2 Å². The normalized spacial score (nSPS) is 20.1. The first-order valence-corrected chi connectivity index (χ1v) is 17.9. The molecule has 0 aliphatic carbocycles. The summed E-state index contributed by atoms with van der Waals surface area (Å²) in [5.41, 5.74) is 4.35. The number of ketones is 1. The highest BCUT2D eigenvalue weighted by molar-refractivity contribution is 5.98. The van der Waals surface area contributed by atoms with Crippen molar-refractivity contribution in [3.63, 3.8) is 0 Å². The van der Waals surface area contributed by atoms with Crippen LogP contribution in [0.1, 0.15) is 38.4 Å². The molecule has 55 heavy (non-hydrogen) atoms. The summed E-state index contributed by atoms with van der Waals surface area (Å²) < 4.78 is 40.0. The Morgan fingerprint density at radius 2 is 1.35 bits per heavy atom. The van der Waals surface area contributed by atoms with Crippen LogP contribution < -0.4 is 30.2 Å². The van der Waals surface area contributed by atoms with Gasteiger partial charge in [0.2, 0.25) is 11.8 Å². The van der Waals surface area contributed by atoms with Crippen LogP contribution in [0.25, 0.3) is 0 Å². The SMILES string of the molecule is CC(=O)NC[C@H]1CN(c2ccc(N3CCc4ncncc4C3)c(F)c2)C(=O)O1.CC=C1CN(c2ccc(N3C[C@H](CNC(C)=O)OC3=O)cc2F)CCC1=O. The van der Waals surface area contributed by atoms with Gasteiger partial charge >= 0.3 is 12.2 Å². The van der Waals surface area contributed by atoms with Gasteiger partial charge in [0.05, 0.1) is 54.6 Å². The number of hydrogen-bond acceptors (Lipinski definition) is 11. The van der Waals surface area contributed by atoms with Crippen LogP contribution in [0.2, 0.25) is 0 Å². The number of Topliss-reactive ketones (excluding diaryl/α,β-unsaturated/α-hetero) is 1. The van der Waals surface area contributed by atoms with E-state index in [-0.39, 0.29) is 43.8 Å². The monoisotopic (exact) mass is 760 g/mol. The van der Waals surface area contributed by atoms with Gasteiger partial charge in [-0.2, -0.15) is 0 Å². The van der Waals surface area contributed by atoms with E-state index in [0.29, 0.717) is 60.9 Å². The van der Waals surface area contributed by atoms with E-state index in [0.717, 1.165) is 17.7 Å². The summed E-state index contributed by atoms with van der Waals surface area (Å²) in [7, 11) is 0. The second kappa shape index (κ2) is 16.9. The second-order valence-electron chi connectivity index (χ2n) is 13.5. The number of cyclic esters (lactones) is 2. The molecule has 3 fully saturated rings. The van der Waals surface area contributed by atoms with Crippen molar-refractivity contribution >= 4 is 52.5 Å². The summed E-state index contributed by atoms with van der Waals surface area (Å²) in [6, 6.07) is 9.29. The molecule has 290 valence electrons. The fourth-order valence-electron chi connectivity index (χ4n) is 6.73. The predicted octanol–water partition coefficient (Wildman–Crippen LogP) is 3.65. The van der Waals surface area contributed by atoms with Gasteiger partial charge in [-0.05, 0) is 43.3 Å². The van der Waals surface area contributed by atoms with Gasteiger partial charge in [-0.15, -0.1) is 0 Å². The molecule has 4 aliphatic rings. The fraction of sp³-hybridized carbons (Fsp3) is 0.395. The number of carbonyl (C=O) groups excluding carboxylic acids is 5. The van der Waals surface area contributed by atoms with Gasteiger partial charge in [0.1, 0.15) is 30.2 Å². The van der Waals surface area contributed by atoms with Gasteiger partial charge in [0.15, 0.2) is 5.78 Å². The zero-order chi connectivity index (χ0) is 39.2. The Bertz CT molecular complexity index is 2010. The molecular formula is C38H42F2N8O7. The molecule has 0 unspecified atom stereocenters. The summed E-state index contributed by atoms with van der Waals surface area (Å²) in [5.74, 6) is -1.18. The van der Waals surface area contributed by atoms with E-state index < -0.39 is 36.0 Å². The molecule has 2 N–H and O–H groups in total. The van der Waals surface area contributed by atoms with Crippen LogP contribution in [-0.4, -0.2) is 97.8 Å². The van der Waals surface area contributed by atoms with E-state index in [1.165, 1.54) is 42.1 Å². The zero-order valence-corrected chi connectivity index (χ0v) is 30.7. The first kappa shape index (κ1) is 38.6. The van der Waals surface area contributed by atoms with Crippen molar-refractivity contribution in [2.45, 2.75) is 52.4 Å². The molecule has 5 heterocycles. The molecule has 1 aromatic heterocycles. The highest BCUT2D eigenvalue weighted by Crippen LogP contribution is 2.32. The van der Waals surface area contributed by atoms with Crippen molar-refractivity contribution in [2.24, 2.45) is 0 Å². The number of hydrogen-bond donors (Lipinski definition) is 2. The lowest BCUT2D eigenvalue weighted by Crippen LogP contribution is -2.36. The van der Waals surface area contributed by atoms with Gasteiger partial charge in [0.25, 0.3) is 0 Å². The number of aromatic nitrogens is 2. The van der Waals surface area contributed by atoms with Crippen LogP contribution in [0, 0.1) is 11.6 Å². The molecule has 4 amide bonds. The Morgan fingerprint density at radius 3 is 1.85 bits per heavy atom. The van der Waals surface area contributed by atoms with Crippen molar-refractivity contribution in [3.8, 4) is 0 Å². The zero-order valence-electron chi connectivity index (χ0n) is 30.7. The number of piperidine rings is 1. The highest BCUT2D eigenvalue weighted by Gasteiger charge is 2.34. The van der Waals surface area contributed by atoms with Crippen LogP contribution in [0.15, 0.2) is 60.6 Å². The molecule has 2 aromatic carbocycles. The van der Waals surface area contributed by atoms with Gasteiger partial charge < -0.3 is 29.9 Å². The lowest BCUT2D eigenvalue weighted by molar-refractivity contribution is -0.120. The molecule has 3 saturated heterocycles. The molecule has 17 heteroatoms. The number of rotatable bonds is 8. The van der Waals surface area contributed by atoms with Gasteiger partial charge in [-0.25, -0.2) is 28.3 Å². The standard InChI is InChI=1S/C19H20FN5O3.C19H22FN3O4/c1-12(26)22-8-15-10-25(19(27)28-15)14-2-3-18(16(20)6-14)24-5-4-17-13(9-24)7-21-11-23-17;1-3-13-10-22(7-6-18(13)25)17-5-4-14(8-16(17)20)23-11-15(27-19(23)26)9-21-12(2)24/h2-3,6-7,11,15H,4-5,8-10H2,1H3,(H,22,26);3-5,8,15H,6-7,9-11H2,1-2H3,(H,21,24)/t2*15-/m00/s1. The quantitative estimate of drug-likeness (QED) is 0.322. The smallest absolute Gasteiger partial charge is 0.414 e. The average molecular weight is 761 g/mol. The van der Waals surface area contributed by atoms with Crippen molar-refractivity contribution in [2.75, 3.05) is 65.4 Å². The molecular weight excluding hydrogens is 718 g/mol. The van der Waals surface area contributed by atoms with E-state index in [1.807, 2.05) is 9.80 Å². The largest absolute Gasteiger partial charge is 0.442 e. The maximum Gasteiger partial charge on any atom is 0.414 e. The third-order valence-electron chi connectivity index (χ3n) is 9.61. The number of nitrogens with zero attached hydrogens (tertiary/aromatic N) is 6. The molecule has 15 nitrogen and oxygen atoms in total. The van der Waals surface area contributed by atoms with E-state index >= 15 is 0 Å². The van der Waals surface area contributed by atoms with Crippen LogP contribution in [0.4, 0.5) is 41.1 Å². The van der Waals surface area contributed by atoms with Crippen molar-refractivity contribution in [1.82, 2.24) is 20.6 Å². The second-order valence-corrected chi connectivity index (χ2v) is 13.5. The number of anilines is 4. The molecule has 0 bridgehead atoms. The summed E-state index contributed by atoms with van der Waals surface area (Å²) in [5, 5.41) is 5.22. The van der Waals surface area contributed by atoms with Gasteiger partial charge in [0, 0.05) is 70.2 Å². The first-order valence-electron chi connectivity index (χ1n) is 17.9. The Labute approximate surface area is 316 Å². The molecule has 3 aromatic rings. The molecule has 7 rings (SSSR count). The van der Waals surface area contributed by atoms with E-state index in [2.05, 4.69) is 20.6 Å². The van der Waals surface area contributed by atoms with Crippen LogP contribution in [-0.2, 0) is 36.8 Å². The Hall–Kier alpha value is -6.13. The summed E-state index contributed by atoms with van der Waals surface area (Å²) >= 11 is 0. The summed E-state index contributed by atoms with van der Waals surface area (Å²) in [6.07, 6.45) is 4.06. The molecule has 0 spiro atoms. The van der Waals surface area contributed by atoms with Gasteiger partial charge in [-0.3, -0.25) is 24.2 Å². The number of nitrogens with one attached hydrogen (secondary N) is 2. The molecule has 0 radical (unpaired) electrons. The minimum absolute atomic E-state index is 0.0933. The number of allylic oxidation sites excluding steroid dienone is 1. The van der Waals surface area contributed by atoms with Crippen LogP contribution in [0.3, 0.4) is 0 Å². The van der Waals surface area contributed by atoms with E-state index in [4.69, 9.17) is 9.47 Å². The van der Waals surface area contributed by atoms with Crippen LogP contribution in [0.5, 0.6) is 0 Å². The third kappa shape index (κ3) is 9.16. The van der Waals surface area contributed by atoms with Gasteiger partial charge in [-0.1, -0.05) is 6.08 Å². The first-order chi connectivity index (χ1) is 26.4. The lowest BCUT2D eigenvalue weighted by Gasteiger charge is -2.30. The Balaban J connectivity index is 0.000000187. The van der Waals surface area contributed by atoms with E-state index in [9.17, 15) is 32.8 Å². The molecule has 2 atom stereocenters. The number of fused-ring (bicyclic) bond motifs is 1. The molecule has 0 saturated carbocycles. The summed E-state index contributed by atoms with van der Waals surface area (Å²) in [4.78, 5) is 72.7. The maximum absolute atomic E-state index is 14.8. The Morgan fingerprint density at radius 1 is 0.818 bits per heavy atom. The minimum atomic E-state index is -0.572.